The summed E-state index contributed by atoms with van der Waals surface area (Å²) in [7, 11) is 0. The SMILES string of the molecule is Cc1c(Cl)cccc1N=C1NC(=O)/C(=C/c2ccc(Sc3nc4ccc([N+](=O)[O-])cc4s3)c([N+](=O)[O-])c2)S1. The Kier molecular flexibility index (Phi) is 7.17. The lowest BCUT2D eigenvalue weighted by Gasteiger charge is -2.03. The van der Waals surface area contributed by atoms with Crippen LogP contribution in [0.2, 0.25) is 5.02 Å². The standard InChI is InChI=1S/C24H14ClN5O5S3/c1-12-15(25)3-2-4-16(12)26-23-28-22(31)21(36-23)10-13-5-8-19(18(9-13)30(34)35)37-24-27-17-7-6-14(29(32)33)11-20(17)38-24/h2-11H,1H3,(H,26,28,31)/b21-10-. The Morgan fingerprint density at radius 2 is 1.92 bits per heavy atom. The van der Waals surface area contributed by atoms with Gasteiger partial charge in [-0.05, 0) is 60.2 Å². The zero-order valence-electron chi connectivity index (χ0n) is 19.2. The maximum atomic E-state index is 12.5. The lowest BCUT2D eigenvalue weighted by molar-refractivity contribution is -0.387. The van der Waals surface area contributed by atoms with Gasteiger partial charge in [0.2, 0.25) is 0 Å². The highest BCUT2D eigenvalue weighted by Crippen LogP contribution is 2.40. The molecule has 0 bridgehead atoms. The molecule has 3 aromatic carbocycles. The minimum absolute atomic E-state index is 0.0502. The van der Waals surface area contributed by atoms with Crippen LogP contribution in [0, 0.1) is 27.2 Å². The van der Waals surface area contributed by atoms with Crippen LogP contribution in [0.5, 0.6) is 0 Å². The molecule has 0 unspecified atom stereocenters. The zero-order chi connectivity index (χ0) is 27.0. The fraction of sp³-hybridized carbons (Fsp3) is 0.0417. The highest BCUT2D eigenvalue weighted by molar-refractivity contribution is 8.18. The Morgan fingerprint density at radius 3 is 2.68 bits per heavy atom. The number of nitrogens with one attached hydrogen (secondary N) is 1. The number of non-ortho nitro benzene ring substituents is 1. The summed E-state index contributed by atoms with van der Waals surface area (Å²) >= 11 is 9.58. The van der Waals surface area contributed by atoms with Crippen LogP contribution in [0.25, 0.3) is 16.3 Å². The fourth-order valence-corrected chi connectivity index (χ4v) is 6.60. The summed E-state index contributed by atoms with van der Waals surface area (Å²) in [4.78, 5) is 44.0. The van der Waals surface area contributed by atoms with E-state index in [-0.39, 0.29) is 17.3 Å². The molecule has 0 radical (unpaired) electrons. The van der Waals surface area contributed by atoms with Crippen molar-refractivity contribution in [2.24, 2.45) is 4.99 Å². The number of amidine groups is 1. The van der Waals surface area contributed by atoms with Crippen molar-refractivity contribution in [2.75, 3.05) is 0 Å². The van der Waals surface area contributed by atoms with E-state index in [1.807, 2.05) is 6.92 Å². The second kappa shape index (κ2) is 10.5. The van der Waals surface area contributed by atoms with Gasteiger partial charge in [-0.3, -0.25) is 25.0 Å². The van der Waals surface area contributed by atoms with Gasteiger partial charge in [0.25, 0.3) is 17.3 Å². The lowest BCUT2D eigenvalue weighted by Crippen LogP contribution is -2.19. The monoisotopic (exact) mass is 583 g/mol. The molecule has 0 spiro atoms. The van der Waals surface area contributed by atoms with Crippen molar-refractivity contribution in [3.05, 3.63) is 95.9 Å². The number of aliphatic imine (C=N–C) groups is 1. The number of hydrogen-bond donors (Lipinski definition) is 1. The predicted octanol–water partition coefficient (Wildman–Crippen LogP) is 7.12. The van der Waals surface area contributed by atoms with Crippen LogP contribution in [0.4, 0.5) is 17.1 Å². The van der Waals surface area contributed by atoms with E-state index in [1.165, 1.54) is 29.5 Å². The summed E-state index contributed by atoms with van der Waals surface area (Å²) in [5, 5.41) is 26.5. The van der Waals surface area contributed by atoms with Crippen molar-refractivity contribution in [3.8, 4) is 0 Å². The number of nitrogens with zero attached hydrogens (tertiary/aromatic N) is 4. The largest absolute Gasteiger partial charge is 0.300 e. The normalized spacial score (nSPS) is 15.4. The smallest absolute Gasteiger partial charge is 0.283 e. The highest BCUT2D eigenvalue weighted by atomic mass is 35.5. The van der Waals surface area contributed by atoms with Gasteiger partial charge >= 0.3 is 0 Å². The summed E-state index contributed by atoms with van der Waals surface area (Å²) in [5.74, 6) is -0.363. The number of amides is 1. The number of carbonyl (C=O) groups excluding carboxylic acids is 1. The van der Waals surface area contributed by atoms with Gasteiger partial charge in [0, 0.05) is 23.2 Å². The maximum absolute atomic E-state index is 12.5. The first-order valence-corrected chi connectivity index (χ1v) is 13.6. The Hall–Kier alpha value is -3.78. The number of rotatable bonds is 6. The lowest BCUT2D eigenvalue weighted by atomic mass is 10.2. The molecule has 1 fully saturated rings. The molecule has 4 aromatic rings. The van der Waals surface area contributed by atoms with Gasteiger partial charge in [0.05, 0.1) is 35.6 Å². The molecular weight excluding hydrogens is 570 g/mol. The number of nitro benzene ring substituents is 2. The molecule has 5 rings (SSSR count). The van der Waals surface area contributed by atoms with Gasteiger partial charge in [-0.1, -0.05) is 35.5 Å². The van der Waals surface area contributed by atoms with E-state index in [4.69, 9.17) is 11.6 Å². The molecule has 1 aliphatic heterocycles. The predicted molar refractivity (Wildman–Crippen MR) is 150 cm³/mol. The van der Waals surface area contributed by atoms with Gasteiger partial charge in [-0.25, -0.2) is 9.98 Å². The minimum atomic E-state index is -0.501. The van der Waals surface area contributed by atoms with Crippen LogP contribution in [-0.2, 0) is 4.79 Å². The molecular formula is C24H14ClN5O5S3. The van der Waals surface area contributed by atoms with E-state index in [0.29, 0.717) is 45.8 Å². The molecule has 190 valence electrons. The molecule has 1 saturated heterocycles. The molecule has 14 heteroatoms. The quantitative estimate of drug-likeness (QED) is 0.144. The number of fused-ring (bicyclic) bond motifs is 1. The molecule has 10 nitrogen and oxygen atoms in total. The number of nitro groups is 2. The molecule has 0 atom stereocenters. The molecule has 1 N–H and O–H groups in total. The molecule has 1 amide bonds. The van der Waals surface area contributed by atoms with E-state index < -0.39 is 9.85 Å². The molecule has 1 aliphatic rings. The van der Waals surface area contributed by atoms with Crippen LogP contribution in [0.1, 0.15) is 11.1 Å². The molecule has 38 heavy (non-hydrogen) atoms. The average Bonchev–Trinajstić information content (AvgIpc) is 3.44. The second-order valence-corrected chi connectivity index (χ2v) is 11.6. The summed E-state index contributed by atoms with van der Waals surface area (Å²) in [6.07, 6.45) is 1.56. The van der Waals surface area contributed by atoms with Gasteiger partial charge in [-0.15, -0.1) is 11.3 Å². The average molecular weight is 584 g/mol. The zero-order valence-corrected chi connectivity index (χ0v) is 22.4. The van der Waals surface area contributed by atoms with Crippen molar-refractivity contribution >= 4 is 90.9 Å². The number of aromatic nitrogens is 1. The van der Waals surface area contributed by atoms with Crippen LogP contribution in [-0.4, -0.2) is 25.9 Å². The number of hydrogen-bond acceptors (Lipinski definition) is 10. The molecule has 1 aromatic heterocycles. The first-order valence-electron chi connectivity index (χ1n) is 10.7. The summed E-state index contributed by atoms with van der Waals surface area (Å²) in [5.41, 5.74) is 2.25. The third-order valence-corrected chi connectivity index (χ3v) is 8.81. The third kappa shape index (κ3) is 5.41. The first-order chi connectivity index (χ1) is 18.2. The van der Waals surface area contributed by atoms with Crippen molar-refractivity contribution in [2.45, 2.75) is 16.2 Å². The second-order valence-electron chi connectivity index (χ2n) is 7.84. The Morgan fingerprint density at radius 1 is 1.11 bits per heavy atom. The van der Waals surface area contributed by atoms with Gasteiger partial charge in [0.1, 0.15) is 0 Å². The molecule has 2 heterocycles. The van der Waals surface area contributed by atoms with Crippen molar-refractivity contribution in [1.82, 2.24) is 10.3 Å². The van der Waals surface area contributed by atoms with E-state index in [1.54, 1.807) is 42.5 Å². The Labute approximate surface area is 232 Å². The Bertz CT molecular complexity index is 1720. The van der Waals surface area contributed by atoms with E-state index in [9.17, 15) is 25.0 Å². The summed E-state index contributed by atoms with van der Waals surface area (Å²) in [6.45, 7) is 1.83. The van der Waals surface area contributed by atoms with Gasteiger partial charge in [0.15, 0.2) is 9.51 Å². The maximum Gasteiger partial charge on any atom is 0.283 e. The first kappa shape index (κ1) is 25.9. The number of carbonyl (C=O) groups is 1. The number of benzene rings is 3. The van der Waals surface area contributed by atoms with E-state index >= 15 is 0 Å². The molecule has 0 saturated carbocycles. The van der Waals surface area contributed by atoms with Crippen LogP contribution in [0.15, 0.2) is 73.7 Å². The number of thioether (sulfide) groups is 1. The summed E-state index contributed by atoms with van der Waals surface area (Å²) in [6, 6.07) is 14.3. The number of halogens is 1. The molecule has 0 aliphatic carbocycles. The van der Waals surface area contributed by atoms with E-state index in [0.717, 1.165) is 29.1 Å². The minimum Gasteiger partial charge on any atom is -0.300 e. The Balaban J connectivity index is 1.40. The van der Waals surface area contributed by atoms with Gasteiger partial charge in [-0.2, -0.15) is 0 Å². The van der Waals surface area contributed by atoms with Crippen molar-refractivity contribution in [3.63, 3.8) is 0 Å². The van der Waals surface area contributed by atoms with Crippen LogP contribution >= 0.6 is 46.5 Å². The topological polar surface area (TPSA) is 141 Å². The third-order valence-electron chi connectivity index (χ3n) is 5.35. The van der Waals surface area contributed by atoms with E-state index in [2.05, 4.69) is 15.3 Å². The summed E-state index contributed by atoms with van der Waals surface area (Å²) < 4.78 is 1.12. The van der Waals surface area contributed by atoms with Crippen LogP contribution < -0.4 is 5.32 Å². The van der Waals surface area contributed by atoms with Crippen molar-refractivity contribution in [1.29, 1.82) is 0 Å². The van der Waals surface area contributed by atoms with Crippen molar-refractivity contribution < 1.29 is 14.6 Å². The van der Waals surface area contributed by atoms with Gasteiger partial charge < -0.3 is 5.32 Å². The number of thiazole rings is 1. The van der Waals surface area contributed by atoms with Crippen LogP contribution in [0.3, 0.4) is 0 Å². The fourth-order valence-electron chi connectivity index (χ4n) is 3.46. The highest BCUT2D eigenvalue weighted by Gasteiger charge is 2.25.